The molecular formula is C14H17N3O3S. The maximum atomic E-state index is 12.3. The molecule has 1 aromatic carbocycles. The summed E-state index contributed by atoms with van der Waals surface area (Å²) < 4.78 is 32.1. The fourth-order valence-corrected chi connectivity index (χ4v) is 2.81. The molecule has 7 heteroatoms. The second-order valence-corrected chi connectivity index (χ2v) is 6.26. The monoisotopic (exact) mass is 307 g/mol. The highest BCUT2D eigenvalue weighted by Crippen LogP contribution is 2.24. The molecule has 0 aliphatic rings. The van der Waals surface area contributed by atoms with Crippen LogP contribution in [0.15, 0.2) is 41.4 Å². The average molecular weight is 307 g/mol. The van der Waals surface area contributed by atoms with E-state index in [2.05, 4.69) is 9.71 Å². The first kappa shape index (κ1) is 15.3. The second kappa shape index (κ2) is 6.11. The van der Waals surface area contributed by atoms with Crippen molar-refractivity contribution >= 4 is 15.7 Å². The number of nitrogens with zero attached hydrogens (tertiary/aromatic N) is 1. The largest absolute Gasteiger partial charge is 0.495 e. The third-order valence-corrected chi connectivity index (χ3v) is 4.46. The number of aromatic nitrogens is 1. The summed E-state index contributed by atoms with van der Waals surface area (Å²) >= 11 is 0. The minimum atomic E-state index is -3.65. The van der Waals surface area contributed by atoms with Gasteiger partial charge in [0.15, 0.2) is 0 Å². The van der Waals surface area contributed by atoms with Crippen molar-refractivity contribution in [2.24, 2.45) is 0 Å². The van der Waals surface area contributed by atoms with E-state index in [9.17, 15) is 8.42 Å². The molecule has 3 N–H and O–H groups in total. The summed E-state index contributed by atoms with van der Waals surface area (Å²) in [6, 6.07) is 8.01. The number of pyridine rings is 1. The number of ether oxygens (including phenoxy) is 1. The zero-order valence-corrected chi connectivity index (χ0v) is 12.6. The van der Waals surface area contributed by atoms with Crippen LogP contribution in [0.3, 0.4) is 0 Å². The molecule has 0 fully saturated rings. The zero-order valence-electron chi connectivity index (χ0n) is 11.8. The number of nitrogen functional groups attached to an aromatic ring is 1. The van der Waals surface area contributed by atoms with Crippen molar-refractivity contribution < 1.29 is 13.2 Å². The fourth-order valence-electron chi connectivity index (χ4n) is 1.81. The smallest absolute Gasteiger partial charge is 0.241 e. The third kappa shape index (κ3) is 3.50. The van der Waals surface area contributed by atoms with E-state index >= 15 is 0 Å². The lowest BCUT2D eigenvalue weighted by atomic mass is 10.2. The van der Waals surface area contributed by atoms with Crippen LogP contribution in [0.25, 0.3) is 0 Å². The second-order valence-electron chi connectivity index (χ2n) is 4.50. The lowest BCUT2D eigenvalue weighted by Gasteiger charge is -2.10. The molecule has 0 aliphatic heterocycles. The van der Waals surface area contributed by atoms with Crippen LogP contribution in [-0.4, -0.2) is 20.5 Å². The first-order chi connectivity index (χ1) is 9.94. The standard InChI is InChI=1S/C14H17N3O3S/c1-10-4-3-7-16-13(10)9-17-21(18,19)11-5-6-12(15)14(8-11)20-2/h3-8,17H,9,15H2,1-2H3. The lowest BCUT2D eigenvalue weighted by molar-refractivity contribution is 0.415. The van der Waals surface area contributed by atoms with Crippen LogP contribution in [-0.2, 0) is 16.6 Å². The van der Waals surface area contributed by atoms with Crippen LogP contribution in [0, 0.1) is 6.92 Å². The number of benzene rings is 1. The number of methoxy groups -OCH3 is 1. The average Bonchev–Trinajstić information content (AvgIpc) is 2.46. The Kier molecular flexibility index (Phi) is 4.44. The highest BCUT2D eigenvalue weighted by Gasteiger charge is 2.16. The Morgan fingerprint density at radius 3 is 2.76 bits per heavy atom. The van der Waals surface area contributed by atoms with E-state index in [1.165, 1.54) is 25.3 Å². The SMILES string of the molecule is COc1cc(S(=O)(=O)NCc2ncccc2C)ccc1N. The van der Waals surface area contributed by atoms with Crippen molar-refractivity contribution in [2.45, 2.75) is 18.4 Å². The normalized spacial score (nSPS) is 11.3. The summed E-state index contributed by atoms with van der Waals surface area (Å²) in [4.78, 5) is 4.25. The van der Waals surface area contributed by atoms with Crippen LogP contribution in [0.1, 0.15) is 11.3 Å². The topological polar surface area (TPSA) is 94.3 Å². The highest BCUT2D eigenvalue weighted by atomic mass is 32.2. The molecule has 0 atom stereocenters. The van der Waals surface area contributed by atoms with E-state index in [1.54, 1.807) is 12.3 Å². The number of nitrogens with two attached hydrogens (primary N) is 1. The van der Waals surface area contributed by atoms with Gasteiger partial charge in [-0.1, -0.05) is 6.07 Å². The number of hydrogen-bond acceptors (Lipinski definition) is 5. The summed E-state index contributed by atoms with van der Waals surface area (Å²) in [6.07, 6.45) is 1.63. The Labute approximate surface area is 124 Å². The Morgan fingerprint density at radius 1 is 1.33 bits per heavy atom. The minimum absolute atomic E-state index is 0.0992. The van der Waals surface area contributed by atoms with Gasteiger partial charge < -0.3 is 10.5 Å². The van der Waals surface area contributed by atoms with Gasteiger partial charge in [0, 0.05) is 12.3 Å². The summed E-state index contributed by atoms with van der Waals surface area (Å²) in [5.74, 6) is 0.326. The minimum Gasteiger partial charge on any atom is -0.495 e. The van der Waals surface area contributed by atoms with Crippen molar-refractivity contribution in [3.63, 3.8) is 0 Å². The van der Waals surface area contributed by atoms with Crippen LogP contribution in [0.5, 0.6) is 5.75 Å². The van der Waals surface area contributed by atoms with Gasteiger partial charge in [-0.05, 0) is 30.7 Å². The quantitative estimate of drug-likeness (QED) is 0.816. The number of nitrogens with one attached hydrogen (secondary N) is 1. The van der Waals surface area contributed by atoms with Gasteiger partial charge >= 0.3 is 0 Å². The summed E-state index contributed by atoms with van der Waals surface area (Å²) in [5, 5.41) is 0. The number of anilines is 1. The summed E-state index contributed by atoms with van der Waals surface area (Å²) in [6.45, 7) is 2.00. The fraction of sp³-hybridized carbons (Fsp3) is 0.214. The molecule has 2 rings (SSSR count). The maximum absolute atomic E-state index is 12.3. The molecule has 6 nitrogen and oxygen atoms in total. The number of aryl methyl sites for hydroxylation is 1. The Morgan fingerprint density at radius 2 is 2.10 bits per heavy atom. The molecule has 1 heterocycles. The zero-order chi connectivity index (χ0) is 15.5. The van der Waals surface area contributed by atoms with E-state index in [0.29, 0.717) is 17.1 Å². The van der Waals surface area contributed by atoms with E-state index in [4.69, 9.17) is 10.5 Å². The Balaban J connectivity index is 2.21. The molecule has 2 aromatic rings. The summed E-state index contributed by atoms with van der Waals surface area (Å²) in [7, 11) is -2.21. The molecule has 0 aliphatic carbocycles. The van der Waals surface area contributed by atoms with E-state index < -0.39 is 10.0 Å². The molecule has 0 saturated carbocycles. The van der Waals surface area contributed by atoms with Gasteiger partial charge in [-0.3, -0.25) is 4.98 Å². The molecule has 0 radical (unpaired) electrons. The van der Waals surface area contributed by atoms with Gasteiger partial charge in [0.25, 0.3) is 0 Å². The third-order valence-electron chi connectivity index (χ3n) is 3.06. The van der Waals surface area contributed by atoms with Gasteiger partial charge in [-0.2, -0.15) is 0 Å². The van der Waals surface area contributed by atoms with Crippen LogP contribution in [0.4, 0.5) is 5.69 Å². The molecule has 0 spiro atoms. The molecule has 112 valence electrons. The van der Waals surface area contributed by atoms with Gasteiger partial charge in [-0.25, -0.2) is 13.1 Å². The predicted molar refractivity (Wildman–Crippen MR) is 80.4 cm³/mol. The molecule has 0 amide bonds. The molecular weight excluding hydrogens is 290 g/mol. The Hall–Kier alpha value is -2.12. The number of sulfonamides is 1. The van der Waals surface area contributed by atoms with Gasteiger partial charge in [-0.15, -0.1) is 0 Å². The van der Waals surface area contributed by atoms with E-state index in [1.807, 2.05) is 13.0 Å². The van der Waals surface area contributed by atoms with Crippen LogP contribution in [0.2, 0.25) is 0 Å². The van der Waals surface area contributed by atoms with E-state index in [-0.39, 0.29) is 11.4 Å². The molecule has 0 saturated heterocycles. The molecule has 0 bridgehead atoms. The molecule has 0 unspecified atom stereocenters. The first-order valence-electron chi connectivity index (χ1n) is 6.27. The Bertz CT molecular complexity index is 745. The van der Waals surface area contributed by atoms with Crippen LogP contribution < -0.4 is 15.2 Å². The van der Waals surface area contributed by atoms with Crippen molar-refractivity contribution in [2.75, 3.05) is 12.8 Å². The number of hydrogen-bond donors (Lipinski definition) is 2. The van der Waals surface area contributed by atoms with E-state index in [0.717, 1.165) is 5.56 Å². The summed E-state index contributed by atoms with van der Waals surface area (Å²) in [5.41, 5.74) is 7.67. The number of rotatable bonds is 5. The maximum Gasteiger partial charge on any atom is 0.241 e. The van der Waals surface area contributed by atoms with Gasteiger partial charge in [0.1, 0.15) is 5.75 Å². The van der Waals surface area contributed by atoms with Crippen molar-refractivity contribution in [3.05, 3.63) is 47.8 Å². The first-order valence-corrected chi connectivity index (χ1v) is 7.76. The highest BCUT2D eigenvalue weighted by molar-refractivity contribution is 7.89. The molecule has 1 aromatic heterocycles. The predicted octanol–water partition coefficient (Wildman–Crippen LogP) is 1.46. The van der Waals surface area contributed by atoms with Crippen molar-refractivity contribution in [1.82, 2.24) is 9.71 Å². The van der Waals surface area contributed by atoms with Crippen LogP contribution >= 0.6 is 0 Å². The van der Waals surface area contributed by atoms with Gasteiger partial charge in [0.2, 0.25) is 10.0 Å². The van der Waals surface area contributed by atoms with Crippen molar-refractivity contribution in [3.8, 4) is 5.75 Å². The molecule has 21 heavy (non-hydrogen) atoms. The van der Waals surface area contributed by atoms with Crippen molar-refractivity contribution in [1.29, 1.82) is 0 Å². The van der Waals surface area contributed by atoms with Gasteiger partial charge in [0.05, 0.1) is 29.9 Å². The lowest BCUT2D eigenvalue weighted by Crippen LogP contribution is -2.24.